The smallest absolute Gasteiger partial charge is 0.415 e. The highest BCUT2D eigenvalue weighted by molar-refractivity contribution is 6.15. The van der Waals surface area contributed by atoms with Crippen LogP contribution in [0.15, 0.2) is 40.8 Å². The molecule has 2 aromatic heterocycles. The summed E-state index contributed by atoms with van der Waals surface area (Å²) in [6, 6.07) is 11.7. The fourth-order valence-electron chi connectivity index (χ4n) is 4.77. The van der Waals surface area contributed by atoms with Crippen LogP contribution in [0.1, 0.15) is 30.9 Å². The zero-order valence-electron chi connectivity index (χ0n) is 25.2. The fraction of sp³-hybridized carbons (Fsp3) is 0.400. The Hall–Kier alpha value is -3.89. The molecule has 0 saturated heterocycles. The number of nitrogens with two attached hydrogens (primary N) is 1. The Morgan fingerprint density at radius 3 is 2.44 bits per heavy atom. The second kappa shape index (κ2) is 12.7. The third-order valence-electron chi connectivity index (χ3n) is 7.21. The molecule has 2 amide bonds. The molecule has 0 fully saturated rings. The largest absolute Gasteiger partial charge is 0.497 e. The van der Waals surface area contributed by atoms with Crippen molar-refractivity contribution >= 4 is 51.2 Å². The average molecular weight is 586 g/mol. The summed E-state index contributed by atoms with van der Waals surface area (Å²) in [6.07, 6.45) is 1.81. The minimum atomic E-state index is -1.14. The molecule has 1 aliphatic heterocycles. The van der Waals surface area contributed by atoms with E-state index in [1.165, 1.54) is 30.9 Å². The van der Waals surface area contributed by atoms with E-state index in [1.54, 1.807) is 21.0 Å². The number of hydrazine groups is 1. The van der Waals surface area contributed by atoms with Crippen molar-refractivity contribution in [2.75, 3.05) is 46.1 Å². The predicted molar refractivity (Wildman–Crippen MR) is 164 cm³/mol. The molecule has 0 aliphatic carbocycles. The standard InChI is InChI=1S/C19H27N5O3.C10H10O2.CH3Cl/c1-11-9-13-12-7-8-22(4)14(12)10-15(16(13)21-11)27-18(26)23(5)19(2,3)17(25)24(6)20;1-7-5-8-6-9(11-2)3-4-10(8)12-7;1-2/h9-10,21H,7-8,20H2,1-6H3;3-6H,1-2H3;1H3. The van der Waals surface area contributed by atoms with Gasteiger partial charge >= 0.3 is 6.09 Å². The van der Waals surface area contributed by atoms with E-state index >= 15 is 0 Å². The first-order valence-electron chi connectivity index (χ1n) is 13.1. The molecule has 5 rings (SSSR count). The quantitative estimate of drug-likeness (QED) is 0.138. The lowest BCUT2D eigenvalue weighted by molar-refractivity contribution is -0.139. The van der Waals surface area contributed by atoms with Crippen LogP contribution in [0.25, 0.3) is 21.9 Å². The zero-order valence-corrected chi connectivity index (χ0v) is 26.0. The maximum atomic E-state index is 12.8. The summed E-state index contributed by atoms with van der Waals surface area (Å²) in [6.45, 7) is 8.10. The monoisotopic (exact) mass is 585 g/mol. The predicted octanol–water partition coefficient (Wildman–Crippen LogP) is 5.61. The number of aromatic nitrogens is 1. The Morgan fingerprint density at radius 1 is 1.12 bits per heavy atom. The normalized spacial score (nSPS) is 12.2. The van der Waals surface area contributed by atoms with E-state index in [-0.39, 0.29) is 0 Å². The van der Waals surface area contributed by atoms with Crippen LogP contribution in [-0.2, 0) is 11.2 Å². The van der Waals surface area contributed by atoms with Crippen LogP contribution >= 0.6 is 11.6 Å². The van der Waals surface area contributed by atoms with Gasteiger partial charge < -0.3 is 23.8 Å². The van der Waals surface area contributed by atoms with Gasteiger partial charge in [-0.05, 0) is 70.0 Å². The Morgan fingerprint density at radius 2 is 1.80 bits per heavy atom. The van der Waals surface area contributed by atoms with Gasteiger partial charge in [0.15, 0.2) is 5.75 Å². The number of carbonyl (C=O) groups is 2. The van der Waals surface area contributed by atoms with Crippen LogP contribution in [0, 0.1) is 13.8 Å². The molecule has 11 heteroatoms. The second-order valence-corrected chi connectivity index (χ2v) is 10.4. The first-order chi connectivity index (χ1) is 19.3. The highest BCUT2D eigenvalue weighted by atomic mass is 35.5. The summed E-state index contributed by atoms with van der Waals surface area (Å²) < 4.78 is 16.2. The number of H-pyrrole nitrogens is 1. The third kappa shape index (κ3) is 6.55. The van der Waals surface area contributed by atoms with E-state index in [0.717, 1.165) is 62.7 Å². The first kappa shape index (κ1) is 31.6. The van der Waals surface area contributed by atoms with Crippen LogP contribution in [0.4, 0.5) is 10.5 Å². The van der Waals surface area contributed by atoms with Crippen molar-refractivity contribution in [3.8, 4) is 11.5 Å². The lowest BCUT2D eigenvalue weighted by Crippen LogP contribution is -2.57. The van der Waals surface area contributed by atoms with Crippen molar-refractivity contribution < 1.29 is 23.5 Å². The fourth-order valence-corrected chi connectivity index (χ4v) is 4.77. The number of hydrogen-bond acceptors (Lipinski definition) is 7. The van der Waals surface area contributed by atoms with E-state index in [0.29, 0.717) is 5.75 Å². The van der Waals surface area contributed by atoms with Crippen molar-refractivity contribution in [1.82, 2.24) is 14.9 Å². The van der Waals surface area contributed by atoms with Gasteiger partial charge in [0.05, 0.1) is 12.6 Å². The number of hydrogen-bond donors (Lipinski definition) is 2. The van der Waals surface area contributed by atoms with Crippen molar-refractivity contribution in [2.45, 2.75) is 39.7 Å². The lowest BCUT2D eigenvalue weighted by atomic mass is 10.0. The van der Waals surface area contributed by atoms with Crippen LogP contribution in [0.2, 0.25) is 0 Å². The van der Waals surface area contributed by atoms with Gasteiger partial charge in [0.1, 0.15) is 22.6 Å². The molecule has 3 N–H and O–H groups in total. The molecule has 3 heterocycles. The van der Waals surface area contributed by atoms with Crippen LogP contribution < -0.4 is 20.2 Å². The van der Waals surface area contributed by atoms with Gasteiger partial charge in [-0.2, -0.15) is 0 Å². The van der Waals surface area contributed by atoms with Crippen LogP contribution in [0.5, 0.6) is 11.5 Å². The summed E-state index contributed by atoms with van der Waals surface area (Å²) in [4.78, 5) is 31.8. The highest BCUT2D eigenvalue weighted by Crippen LogP contribution is 2.40. The number of anilines is 1. The van der Waals surface area contributed by atoms with Gasteiger partial charge in [0, 0.05) is 62.3 Å². The number of carbonyl (C=O) groups excluding carboxylic acids is 2. The molecule has 1 aliphatic rings. The Labute approximate surface area is 245 Å². The number of amides is 2. The van der Waals surface area contributed by atoms with Gasteiger partial charge in [-0.1, -0.05) is 0 Å². The zero-order chi connectivity index (χ0) is 30.6. The number of nitrogens with one attached hydrogen (secondary N) is 1. The van der Waals surface area contributed by atoms with Crippen molar-refractivity contribution in [3.05, 3.63) is 53.4 Å². The van der Waals surface area contributed by atoms with Crippen LogP contribution in [0.3, 0.4) is 0 Å². The van der Waals surface area contributed by atoms with Crippen molar-refractivity contribution in [1.29, 1.82) is 0 Å². The van der Waals surface area contributed by atoms with Gasteiger partial charge in [-0.15, -0.1) is 11.6 Å². The van der Waals surface area contributed by atoms with E-state index in [4.69, 9.17) is 19.7 Å². The Bertz CT molecular complexity index is 1540. The molecule has 0 radical (unpaired) electrons. The maximum Gasteiger partial charge on any atom is 0.415 e. The molecule has 10 nitrogen and oxygen atoms in total. The lowest BCUT2D eigenvalue weighted by Gasteiger charge is -2.34. The van der Waals surface area contributed by atoms with Gasteiger partial charge in [-0.3, -0.25) is 14.7 Å². The summed E-state index contributed by atoms with van der Waals surface area (Å²) in [5, 5.41) is 3.13. The third-order valence-corrected chi connectivity index (χ3v) is 7.21. The number of methoxy groups -OCH3 is 1. The SMILES string of the molecule is CCl.COc1ccc2oc(C)cc2c1.Cc1cc2c3c(cc(OC(=O)N(C)C(C)(C)C(=O)N(C)N)c2[nH]1)N(C)CC3. The number of aryl methyl sites for hydroxylation is 2. The van der Waals surface area contributed by atoms with Gasteiger partial charge in [0.25, 0.3) is 5.91 Å². The second-order valence-electron chi connectivity index (χ2n) is 10.4. The summed E-state index contributed by atoms with van der Waals surface area (Å²) in [5.74, 6) is 7.41. The summed E-state index contributed by atoms with van der Waals surface area (Å²) in [7, 11) is 6.66. The number of likely N-dealkylation sites (N-methyl/N-ethyl adjacent to an activating group) is 3. The number of furan rings is 1. The minimum Gasteiger partial charge on any atom is -0.497 e. The molecular formula is C30H40ClN5O5. The first-order valence-corrected chi connectivity index (χ1v) is 13.9. The molecular weight excluding hydrogens is 546 g/mol. The number of nitrogens with zero attached hydrogens (tertiary/aromatic N) is 3. The highest BCUT2D eigenvalue weighted by Gasteiger charge is 2.38. The molecule has 2 aromatic carbocycles. The van der Waals surface area contributed by atoms with Crippen molar-refractivity contribution in [3.63, 3.8) is 0 Å². The molecule has 0 spiro atoms. The number of alkyl halides is 1. The average Bonchev–Trinajstić information content (AvgIpc) is 3.63. The maximum absolute atomic E-state index is 12.8. The number of rotatable bonds is 4. The Balaban J connectivity index is 0.000000274. The number of halogens is 1. The molecule has 41 heavy (non-hydrogen) atoms. The van der Waals surface area contributed by atoms with Crippen molar-refractivity contribution in [2.24, 2.45) is 5.84 Å². The number of ether oxygens (including phenoxy) is 2. The van der Waals surface area contributed by atoms with Gasteiger partial charge in [0.2, 0.25) is 0 Å². The molecule has 222 valence electrons. The topological polar surface area (TPSA) is 117 Å². The van der Waals surface area contributed by atoms with Gasteiger partial charge in [-0.25, -0.2) is 10.6 Å². The minimum absolute atomic E-state index is 0.392. The van der Waals surface area contributed by atoms with E-state index in [9.17, 15) is 9.59 Å². The molecule has 0 atom stereocenters. The number of benzene rings is 2. The molecule has 0 unspecified atom stereocenters. The van der Waals surface area contributed by atoms with E-state index < -0.39 is 17.5 Å². The number of aromatic amines is 1. The number of fused-ring (bicyclic) bond motifs is 4. The van der Waals surface area contributed by atoms with Crippen LogP contribution in [-0.4, -0.2) is 73.6 Å². The molecule has 0 saturated carbocycles. The molecule has 4 aromatic rings. The summed E-state index contributed by atoms with van der Waals surface area (Å²) >= 11 is 4.64. The Kier molecular flexibility index (Phi) is 9.83. The van der Waals surface area contributed by atoms with E-state index in [1.807, 2.05) is 51.2 Å². The molecule has 0 bridgehead atoms. The van der Waals surface area contributed by atoms with E-state index in [2.05, 4.69) is 27.6 Å². The summed E-state index contributed by atoms with van der Waals surface area (Å²) in [5.41, 5.74) is 3.88.